The number of ether oxygens (including phenoxy) is 3. The quantitative estimate of drug-likeness (QED) is 0.534. The summed E-state index contributed by atoms with van der Waals surface area (Å²) in [6.45, 7) is 6.89. The van der Waals surface area contributed by atoms with Crippen molar-refractivity contribution in [3.8, 4) is 11.6 Å². The lowest BCUT2D eigenvalue weighted by Gasteiger charge is -2.40. The third-order valence-electron chi connectivity index (χ3n) is 4.34. The van der Waals surface area contributed by atoms with E-state index in [2.05, 4.69) is 20.9 Å². The monoisotopic (exact) mass is 463 g/mol. The van der Waals surface area contributed by atoms with Crippen LogP contribution in [0.2, 0.25) is 0 Å². The molecule has 2 amide bonds. The van der Waals surface area contributed by atoms with E-state index < -0.39 is 10.9 Å². The Balaban J connectivity index is 1.81. The SMILES string of the molecule is BC(B)(B)Oc1nc2c(cc1Br)OC[C@H]1CN(C(=O)OC(C)(C)C)CCN1C2=O. The first kappa shape index (κ1) is 21.9. The van der Waals surface area contributed by atoms with E-state index in [9.17, 15) is 9.59 Å². The summed E-state index contributed by atoms with van der Waals surface area (Å²) in [5.74, 6) is 0.526. The highest BCUT2D eigenvalue weighted by Gasteiger charge is 2.39. The van der Waals surface area contributed by atoms with E-state index in [1.165, 1.54) is 0 Å². The highest BCUT2D eigenvalue weighted by Crippen LogP contribution is 2.34. The molecule has 29 heavy (non-hydrogen) atoms. The number of halogens is 1. The van der Waals surface area contributed by atoms with Crippen LogP contribution in [0.1, 0.15) is 31.3 Å². The molecule has 0 saturated carbocycles. The van der Waals surface area contributed by atoms with Gasteiger partial charge in [-0.15, -0.1) is 0 Å². The third kappa shape index (κ3) is 5.21. The summed E-state index contributed by atoms with van der Waals surface area (Å²) < 4.78 is 17.8. The van der Waals surface area contributed by atoms with Crippen LogP contribution in [0.5, 0.6) is 11.6 Å². The molecule has 2 aliphatic rings. The molecule has 3 rings (SSSR count). The van der Waals surface area contributed by atoms with Gasteiger partial charge in [-0.05, 0) is 36.7 Å². The van der Waals surface area contributed by atoms with Crippen LogP contribution in [-0.2, 0) is 4.74 Å². The fourth-order valence-electron chi connectivity index (χ4n) is 3.16. The van der Waals surface area contributed by atoms with E-state index in [0.717, 1.165) is 0 Å². The van der Waals surface area contributed by atoms with Crippen molar-refractivity contribution in [2.24, 2.45) is 0 Å². The second kappa shape index (κ2) is 7.77. The zero-order chi connectivity index (χ0) is 21.6. The molecule has 3 heterocycles. The summed E-state index contributed by atoms with van der Waals surface area (Å²) in [6, 6.07) is 1.44. The average molecular weight is 464 g/mol. The van der Waals surface area contributed by atoms with E-state index in [-0.39, 0.29) is 30.3 Å². The number of hydrogen-bond donors (Lipinski definition) is 0. The van der Waals surface area contributed by atoms with E-state index in [1.807, 2.05) is 44.3 Å². The van der Waals surface area contributed by atoms with Gasteiger partial charge in [-0.2, -0.15) is 0 Å². The lowest BCUT2D eigenvalue weighted by atomic mass is 9.52. The second-order valence-corrected chi connectivity index (χ2v) is 10.1. The molecular formula is C17H25B3BrN3O5. The molecule has 1 atom stereocenters. The number of nitrogens with zero attached hydrogens (tertiary/aromatic N) is 3. The van der Waals surface area contributed by atoms with E-state index in [4.69, 9.17) is 14.2 Å². The Morgan fingerprint density at radius 3 is 2.62 bits per heavy atom. The minimum absolute atomic E-state index is 0.223. The number of carbonyl (C=O) groups excluding carboxylic acids is 2. The highest BCUT2D eigenvalue weighted by molar-refractivity contribution is 9.10. The van der Waals surface area contributed by atoms with Crippen molar-refractivity contribution in [1.29, 1.82) is 0 Å². The summed E-state index contributed by atoms with van der Waals surface area (Å²) in [6.07, 6.45) is -0.381. The Bertz CT molecular complexity index is 828. The van der Waals surface area contributed by atoms with Crippen LogP contribution in [-0.4, -0.2) is 93.5 Å². The average Bonchev–Trinajstić information content (AvgIpc) is 2.70. The zero-order valence-electron chi connectivity index (χ0n) is 17.7. The van der Waals surface area contributed by atoms with Gasteiger partial charge in [0.2, 0.25) is 5.88 Å². The number of pyridine rings is 1. The molecule has 0 unspecified atom stereocenters. The summed E-state index contributed by atoms with van der Waals surface area (Å²) >= 11 is 3.44. The van der Waals surface area contributed by atoms with Crippen LogP contribution in [0.4, 0.5) is 4.79 Å². The number of piperazine rings is 1. The molecule has 0 spiro atoms. The van der Waals surface area contributed by atoms with Gasteiger partial charge in [0.15, 0.2) is 11.4 Å². The standard InChI is InChI=1S/C17H25B3BrN3O5/c1-16(2,3)29-15(26)23-4-5-24-9(7-23)8-27-11-6-10(21)13(28-17(18,19)20)22-12(11)14(24)25/h6,9H,4-5,7-8,18-20H2,1-3H3/t9-/m1/s1. The minimum Gasteiger partial charge on any atom is -0.498 e. The smallest absolute Gasteiger partial charge is 0.410 e. The van der Waals surface area contributed by atoms with Gasteiger partial charge < -0.3 is 24.0 Å². The van der Waals surface area contributed by atoms with Crippen molar-refractivity contribution >= 4 is 51.5 Å². The summed E-state index contributed by atoms with van der Waals surface area (Å²) in [4.78, 5) is 33.4. The van der Waals surface area contributed by atoms with Crippen LogP contribution < -0.4 is 9.47 Å². The Labute approximate surface area is 182 Å². The lowest BCUT2D eigenvalue weighted by Crippen LogP contribution is -2.58. The first-order chi connectivity index (χ1) is 13.3. The Morgan fingerprint density at radius 2 is 2.00 bits per heavy atom. The van der Waals surface area contributed by atoms with Crippen molar-refractivity contribution in [2.45, 2.75) is 37.7 Å². The fourth-order valence-corrected chi connectivity index (χ4v) is 3.54. The Hall–Kier alpha value is -1.84. The van der Waals surface area contributed by atoms with Crippen LogP contribution >= 0.6 is 15.9 Å². The molecule has 12 heteroatoms. The molecule has 154 valence electrons. The zero-order valence-corrected chi connectivity index (χ0v) is 19.3. The van der Waals surface area contributed by atoms with Crippen LogP contribution in [0.25, 0.3) is 0 Å². The number of carbonyl (C=O) groups is 2. The van der Waals surface area contributed by atoms with Crippen LogP contribution in [0.15, 0.2) is 10.5 Å². The van der Waals surface area contributed by atoms with Gasteiger partial charge in [0.05, 0.1) is 10.5 Å². The first-order valence-electron chi connectivity index (χ1n) is 9.65. The molecule has 0 aliphatic carbocycles. The van der Waals surface area contributed by atoms with Crippen LogP contribution in [0.3, 0.4) is 0 Å². The number of amides is 2. The Morgan fingerprint density at radius 1 is 1.31 bits per heavy atom. The van der Waals surface area contributed by atoms with Gasteiger partial charge in [-0.1, -0.05) is 0 Å². The molecule has 0 N–H and O–H groups in total. The third-order valence-corrected chi connectivity index (χ3v) is 4.91. The minimum atomic E-state index is -0.570. The van der Waals surface area contributed by atoms with Crippen molar-refractivity contribution < 1.29 is 23.8 Å². The lowest BCUT2D eigenvalue weighted by molar-refractivity contribution is 0.000893. The second-order valence-electron chi connectivity index (χ2n) is 9.23. The maximum Gasteiger partial charge on any atom is 0.410 e. The largest absolute Gasteiger partial charge is 0.498 e. The van der Waals surface area contributed by atoms with E-state index in [0.29, 0.717) is 35.7 Å². The molecule has 0 radical (unpaired) electrons. The molecule has 0 aromatic carbocycles. The Kier molecular flexibility index (Phi) is 5.86. The summed E-state index contributed by atoms with van der Waals surface area (Å²) in [5.41, 5.74) is -0.347. The predicted octanol–water partition coefficient (Wildman–Crippen LogP) is -0.813. The normalized spacial score (nSPS) is 19.6. The van der Waals surface area contributed by atoms with Crippen molar-refractivity contribution in [1.82, 2.24) is 14.8 Å². The molecule has 1 aromatic heterocycles. The van der Waals surface area contributed by atoms with E-state index >= 15 is 0 Å². The van der Waals surface area contributed by atoms with Gasteiger partial charge in [-0.3, -0.25) is 4.79 Å². The molecule has 0 bridgehead atoms. The number of hydrogen-bond acceptors (Lipinski definition) is 6. The van der Waals surface area contributed by atoms with Gasteiger partial charge in [0, 0.05) is 31.0 Å². The highest BCUT2D eigenvalue weighted by atomic mass is 79.9. The predicted molar refractivity (Wildman–Crippen MR) is 119 cm³/mol. The number of rotatable bonds is 2. The topological polar surface area (TPSA) is 81.2 Å². The number of aromatic nitrogens is 1. The van der Waals surface area contributed by atoms with Gasteiger partial charge in [0.25, 0.3) is 5.91 Å². The van der Waals surface area contributed by atoms with Crippen LogP contribution in [0, 0.1) is 0 Å². The summed E-state index contributed by atoms with van der Waals surface area (Å²) in [7, 11) is 5.74. The summed E-state index contributed by atoms with van der Waals surface area (Å²) in [5, 5.41) is -0.458. The van der Waals surface area contributed by atoms with Crippen molar-refractivity contribution in [3.63, 3.8) is 0 Å². The first-order valence-corrected chi connectivity index (χ1v) is 10.4. The maximum atomic E-state index is 13.2. The molecule has 8 nitrogen and oxygen atoms in total. The maximum absolute atomic E-state index is 13.2. The van der Waals surface area contributed by atoms with Crippen molar-refractivity contribution in [3.05, 3.63) is 16.2 Å². The molecule has 2 aliphatic heterocycles. The van der Waals surface area contributed by atoms with Gasteiger partial charge in [-0.25, -0.2) is 9.78 Å². The molecule has 1 fully saturated rings. The molecule has 1 saturated heterocycles. The fraction of sp³-hybridized carbons (Fsp3) is 0.588. The molecular weight excluding hydrogens is 439 g/mol. The number of fused-ring (bicyclic) bond motifs is 2. The van der Waals surface area contributed by atoms with E-state index in [1.54, 1.807) is 15.9 Å². The van der Waals surface area contributed by atoms with Gasteiger partial charge >= 0.3 is 6.09 Å². The van der Waals surface area contributed by atoms with Crippen molar-refractivity contribution in [2.75, 3.05) is 26.2 Å². The van der Waals surface area contributed by atoms with Gasteiger partial charge in [0.1, 0.15) is 35.7 Å². The molecule has 1 aromatic rings.